The average molecular weight is 305 g/mol. The number of hydrogen-bond acceptors (Lipinski definition) is 4. The van der Waals surface area contributed by atoms with E-state index in [-0.39, 0.29) is 5.91 Å². The lowest BCUT2D eigenvalue weighted by Crippen LogP contribution is -2.48. The molecule has 6 heteroatoms. The van der Waals surface area contributed by atoms with E-state index < -0.39 is 18.1 Å². The third-order valence-electron chi connectivity index (χ3n) is 3.94. The summed E-state index contributed by atoms with van der Waals surface area (Å²) >= 11 is 0. The molecule has 1 aromatic carbocycles. The van der Waals surface area contributed by atoms with Crippen LogP contribution in [0.3, 0.4) is 0 Å². The van der Waals surface area contributed by atoms with Crippen LogP contribution in [-0.2, 0) is 16.0 Å². The van der Waals surface area contributed by atoms with E-state index in [0.717, 1.165) is 30.5 Å². The minimum absolute atomic E-state index is 0.171. The third-order valence-corrected chi connectivity index (χ3v) is 3.94. The second kappa shape index (κ2) is 7.91. The number of amides is 1. The zero-order chi connectivity index (χ0) is 15.9. The second-order valence-corrected chi connectivity index (χ2v) is 5.58. The molecule has 1 aliphatic rings. The van der Waals surface area contributed by atoms with Crippen LogP contribution in [0.4, 0.5) is 5.69 Å². The van der Waals surface area contributed by atoms with E-state index in [4.69, 9.17) is 5.73 Å². The molecular weight excluding hydrogens is 282 g/mol. The van der Waals surface area contributed by atoms with E-state index in [2.05, 4.69) is 10.6 Å². The van der Waals surface area contributed by atoms with Crippen molar-refractivity contribution in [3.8, 4) is 0 Å². The van der Waals surface area contributed by atoms with Crippen LogP contribution in [-0.4, -0.2) is 35.6 Å². The fourth-order valence-corrected chi connectivity index (χ4v) is 2.68. The van der Waals surface area contributed by atoms with Gasteiger partial charge in [-0.2, -0.15) is 0 Å². The average Bonchev–Trinajstić information content (AvgIpc) is 2.65. The van der Waals surface area contributed by atoms with E-state index in [0.29, 0.717) is 19.4 Å². The smallest absolute Gasteiger partial charge is 0.320 e. The molecule has 120 valence electrons. The molecule has 6 nitrogen and oxygen atoms in total. The first kappa shape index (κ1) is 16.5. The molecule has 2 unspecified atom stereocenters. The molecule has 0 aliphatic carbocycles. The molecule has 0 saturated carbocycles. The zero-order valence-electron chi connectivity index (χ0n) is 12.5. The first-order valence-corrected chi connectivity index (χ1v) is 7.69. The number of nitrogens with two attached hydrogens (primary N) is 1. The Labute approximate surface area is 130 Å². The molecular formula is C16H23N3O3. The molecule has 0 spiro atoms. The van der Waals surface area contributed by atoms with Gasteiger partial charge in [-0.25, -0.2) is 0 Å². The molecule has 2 atom stereocenters. The zero-order valence-corrected chi connectivity index (χ0v) is 12.5. The Morgan fingerprint density at radius 1 is 1.41 bits per heavy atom. The number of carboxylic acid groups (broad SMARTS) is 1. The highest BCUT2D eigenvalue weighted by molar-refractivity contribution is 5.96. The number of nitrogens with one attached hydrogen (secondary N) is 2. The van der Waals surface area contributed by atoms with Crippen LogP contribution >= 0.6 is 0 Å². The van der Waals surface area contributed by atoms with Gasteiger partial charge in [-0.15, -0.1) is 0 Å². The second-order valence-electron chi connectivity index (χ2n) is 5.58. The van der Waals surface area contributed by atoms with E-state index in [1.807, 2.05) is 24.3 Å². The number of rotatable bonds is 7. The molecule has 5 N–H and O–H groups in total. The van der Waals surface area contributed by atoms with Gasteiger partial charge in [0.25, 0.3) is 0 Å². The third kappa shape index (κ3) is 4.29. The number of hydrogen-bond donors (Lipinski definition) is 4. The Morgan fingerprint density at radius 3 is 2.91 bits per heavy atom. The molecule has 0 aromatic heterocycles. The van der Waals surface area contributed by atoms with Crippen molar-refractivity contribution >= 4 is 17.6 Å². The van der Waals surface area contributed by atoms with Gasteiger partial charge in [-0.3, -0.25) is 14.9 Å². The lowest BCUT2D eigenvalue weighted by atomic mass is 10.0. The molecule has 1 heterocycles. The number of benzene rings is 1. The number of aliphatic carboxylic acids is 1. The fourth-order valence-electron chi connectivity index (χ4n) is 2.68. The summed E-state index contributed by atoms with van der Waals surface area (Å²) in [5.74, 6) is -1.10. The summed E-state index contributed by atoms with van der Waals surface area (Å²) < 4.78 is 0. The first-order valence-electron chi connectivity index (χ1n) is 7.69. The molecule has 0 bridgehead atoms. The lowest BCUT2D eigenvalue weighted by molar-refractivity contribution is -0.140. The van der Waals surface area contributed by atoms with Gasteiger partial charge in [0.1, 0.15) is 6.04 Å². The number of unbranched alkanes of at least 4 members (excludes halogenated alkanes) is 1. The molecule has 0 radical (unpaired) electrons. The summed E-state index contributed by atoms with van der Waals surface area (Å²) in [7, 11) is 0. The number of aryl methyl sites for hydroxylation is 1. The van der Waals surface area contributed by atoms with Gasteiger partial charge in [0.05, 0.1) is 6.04 Å². The summed E-state index contributed by atoms with van der Waals surface area (Å²) in [4.78, 5) is 23.6. The Morgan fingerprint density at radius 2 is 2.18 bits per heavy atom. The highest BCUT2D eigenvalue weighted by Crippen LogP contribution is 2.21. The maximum Gasteiger partial charge on any atom is 0.320 e. The van der Waals surface area contributed by atoms with Crippen molar-refractivity contribution in [3.63, 3.8) is 0 Å². The normalized spacial score (nSPS) is 19.0. The quantitative estimate of drug-likeness (QED) is 0.565. The molecule has 22 heavy (non-hydrogen) atoms. The Kier molecular flexibility index (Phi) is 5.91. The maximum atomic E-state index is 12.3. The monoisotopic (exact) mass is 305 g/mol. The Balaban J connectivity index is 1.99. The van der Waals surface area contributed by atoms with E-state index in [9.17, 15) is 14.7 Å². The number of carboxylic acids is 1. The minimum atomic E-state index is -0.924. The minimum Gasteiger partial charge on any atom is -0.480 e. The summed E-state index contributed by atoms with van der Waals surface area (Å²) in [6.07, 6.45) is 3.32. The predicted octanol–water partition coefficient (Wildman–Crippen LogP) is 1.11. The van der Waals surface area contributed by atoms with Gasteiger partial charge in [-0.05, 0) is 43.9 Å². The van der Waals surface area contributed by atoms with Crippen LogP contribution in [0.25, 0.3) is 0 Å². The first-order chi connectivity index (χ1) is 10.6. The van der Waals surface area contributed by atoms with Crippen molar-refractivity contribution in [2.24, 2.45) is 5.73 Å². The number of para-hydroxylation sites is 1. The predicted molar refractivity (Wildman–Crippen MR) is 84.6 cm³/mol. The van der Waals surface area contributed by atoms with Crippen LogP contribution in [0.15, 0.2) is 24.3 Å². The maximum absolute atomic E-state index is 12.3. The highest BCUT2D eigenvalue weighted by atomic mass is 16.4. The molecule has 1 aliphatic heterocycles. The van der Waals surface area contributed by atoms with Crippen molar-refractivity contribution in [3.05, 3.63) is 29.8 Å². The highest BCUT2D eigenvalue weighted by Gasteiger charge is 2.28. The van der Waals surface area contributed by atoms with Gasteiger partial charge in [0.15, 0.2) is 0 Å². The fraction of sp³-hybridized carbons (Fsp3) is 0.500. The van der Waals surface area contributed by atoms with Crippen molar-refractivity contribution < 1.29 is 14.7 Å². The van der Waals surface area contributed by atoms with Gasteiger partial charge >= 0.3 is 5.97 Å². The van der Waals surface area contributed by atoms with Gasteiger partial charge in [0.2, 0.25) is 5.91 Å². The van der Waals surface area contributed by atoms with Crippen molar-refractivity contribution in [1.82, 2.24) is 5.32 Å². The van der Waals surface area contributed by atoms with E-state index >= 15 is 0 Å². The van der Waals surface area contributed by atoms with Crippen LogP contribution in [0.5, 0.6) is 0 Å². The Hall–Kier alpha value is -1.92. The number of anilines is 1. The molecule has 0 saturated heterocycles. The van der Waals surface area contributed by atoms with Crippen molar-refractivity contribution in [1.29, 1.82) is 0 Å². The topological polar surface area (TPSA) is 104 Å². The summed E-state index contributed by atoms with van der Waals surface area (Å²) in [6.45, 7) is 0.547. The molecule has 1 aromatic rings. The van der Waals surface area contributed by atoms with Crippen LogP contribution in [0.1, 0.15) is 31.2 Å². The number of carbonyl (C=O) groups excluding carboxylic acids is 1. The van der Waals surface area contributed by atoms with Gasteiger partial charge in [0, 0.05) is 5.69 Å². The standard InChI is InChI=1S/C16H23N3O3/c17-10-4-3-7-14(16(21)22)18-13-9-8-11-5-1-2-6-12(11)19-15(13)20/h1-2,5-6,13-14,18H,3-4,7-10,17H2,(H,19,20)(H,21,22). The van der Waals surface area contributed by atoms with Crippen LogP contribution in [0.2, 0.25) is 0 Å². The van der Waals surface area contributed by atoms with Crippen molar-refractivity contribution in [2.45, 2.75) is 44.2 Å². The van der Waals surface area contributed by atoms with Gasteiger partial charge < -0.3 is 16.2 Å². The SMILES string of the molecule is NCCCCC(NC1CCc2ccccc2NC1=O)C(=O)O. The summed E-state index contributed by atoms with van der Waals surface area (Å²) in [5, 5.41) is 15.2. The summed E-state index contributed by atoms with van der Waals surface area (Å²) in [6, 6.07) is 6.44. The largest absolute Gasteiger partial charge is 0.480 e. The molecule has 0 fully saturated rings. The van der Waals surface area contributed by atoms with Crippen LogP contribution < -0.4 is 16.4 Å². The Bertz CT molecular complexity index is 533. The van der Waals surface area contributed by atoms with E-state index in [1.54, 1.807) is 0 Å². The van der Waals surface area contributed by atoms with Gasteiger partial charge in [-0.1, -0.05) is 24.6 Å². The lowest BCUT2D eigenvalue weighted by Gasteiger charge is -2.21. The molecule has 2 rings (SSSR count). The number of carbonyl (C=O) groups is 2. The number of fused-ring (bicyclic) bond motifs is 1. The van der Waals surface area contributed by atoms with Crippen LogP contribution in [0, 0.1) is 0 Å². The van der Waals surface area contributed by atoms with E-state index in [1.165, 1.54) is 0 Å². The summed E-state index contributed by atoms with van der Waals surface area (Å²) in [5.41, 5.74) is 7.33. The van der Waals surface area contributed by atoms with Crippen molar-refractivity contribution in [2.75, 3.05) is 11.9 Å². The molecule has 1 amide bonds.